The Balaban J connectivity index is 1.84. The largest absolute Gasteiger partial charge is 0.363 e. The first-order valence-corrected chi connectivity index (χ1v) is 4.94. The van der Waals surface area contributed by atoms with Crippen molar-refractivity contribution in [3.63, 3.8) is 0 Å². The molecule has 12 heavy (non-hydrogen) atoms. The summed E-state index contributed by atoms with van der Waals surface area (Å²) in [6, 6.07) is 0. The predicted molar refractivity (Wildman–Crippen MR) is 45.0 cm³/mol. The molecule has 4 unspecified atom stereocenters. The monoisotopic (exact) mass is 168 g/mol. The van der Waals surface area contributed by atoms with Crippen LogP contribution < -0.4 is 0 Å². The summed E-state index contributed by atoms with van der Waals surface area (Å²) < 4.78 is 11.5. The van der Waals surface area contributed by atoms with Gasteiger partial charge in [0, 0.05) is 0 Å². The Kier molecular flexibility index (Phi) is 1.06. The van der Waals surface area contributed by atoms with Crippen LogP contribution in [-0.4, -0.2) is 23.4 Å². The second kappa shape index (κ2) is 1.73. The molecule has 2 heteroatoms. The van der Waals surface area contributed by atoms with E-state index in [-0.39, 0.29) is 11.2 Å². The summed E-state index contributed by atoms with van der Waals surface area (Å²) in [5.74, 6) is 0.649. The minimum absolute atomic E-state index is 0.194. The zero-order chi connectivity index (χ0) is 8.56. The van der Waals surface area contributed by atoms with Gasteiger partial charge in [-0.15, -0.1) is 0 Å². The molecule has 2 nitrogen and oxygen atoms in total. The zero-order valence-electron chi connectivity index (χ0n) is 7.96. The molecule has 4 atom stereocenters. The first-order valence-electron chi connectivity index (χ1n) is 4.94. The molecule has 0 amide bonds. The van der Waals surface area contributed by atoms with Gasteiger partial charge in [-0.25, -0.2) is 0 Å². The van der Waals surface area contributed by atoms with Crippen molar-refractivity contribution in [3.05, 3.63) is 0 Å². The highest BCUT2D eigenvalue weighted by Gasteiger charge is 2.75. The molecule has 1 saturated carbocycles. The molecule has 0 aromatic rings. The van der Waals surface area contributed by atoms with Crippen LogP contribution in [-0.2, 0) is 9.47 Å². The van der Waals surface area contributed by atoms with Gasteiger partial charge in [0.2, 0.25) is 0 Å². The molecule has 2 saturated heterocycles. The Hall–Kier alpha value is -0.0800. The molecular formula is C10H16O2. The molecule has 0 radical (unpaired) electrons. The predicted octanol–water partition coefficient (Wildman–Crippen LogP) is 1.73. The fraction of sp³-hybridized carbons (Fsp3) is 1.00. The molecular weight excluding hydrogens is 152 g/mol. The number of fused-ring (bicyclic) bond motifs is 3. The minimum atomic E-state index is 0.194. The van der Waals surface area contributed by atoms with Crippen LogP contribution in [0.4, 0.5) is 0 Å². The van der Waals surface area contributed by atoms with Crippen LogP contribution in [0.15, 0.2) is 0 Å². The Labute approximate surface area is 73.2 Å². The van der Waals surface area contributed by atoms with Gasteiger partial charge < -0.3 is 9.47 Å². The molecule has 3 fully saturated rings. The third-order valence-corrected chi connectivity index (χ3v) is 3.98. The molecule has 0 bridgehead atoms. The highest BCUT2D eigenvalue weighted by molar-refractivity contribution is 5.23. The van der Waals surface area contributed by atoms with E-state index in [9.17, 15) is 0 Å². The summed E-state index contributed by atoms with van der Waals surface area (Å²) in [5.41, 5.74) is 0.403. The standard InChI is InChI=1S/C10H16O2/c1-6(2)10-5-4-9(3)7(11-9)8(10)12-10/h6-8H,4-5H2,1-3H3. The SMILES string of the molecule is CC(C)C12CCC3(C)OC3C1O2. The molecule has 0 N–H and O–H groups in total. The maximum atomic E-state index is 5.82. The molecule has 1 aliphatic carbocycles. The van der Waals surface area contributed by atoms with Crippen molar-refractivity contribution in [2.45, 2.75) is 57.0 Å². The van der Waals surface area contributed by atoms with E-state index in [1.165, 1.54) is 12.8 Å². The van der Waals surface area contributed by atoms with Gasteiger partial charge in [0.05, 0.1) is 11.2 Å². The Morgan fingerprint density at radius 2 is 1.92 bits per heavy atom. The van der Waals surface area contributed by atoms with Crippen LogP contribution in [0.1, 0.15) is 33.6 Å². The molecule has 68 valence electrons. The lowest BCUT2D eigenvalue weighted by atomic mass is 9.77. The summed E-state index contributed by atoms with van der Waals surface area (Å²) in [6.45, 7) is 6.72. The lowest BCUT2D eigenvalue weighted by Gasteiger charge is -2.21. The van der Waals surface area contributed by atoms with Crippen molar-refractivity contribution in [1.29, 1.82) is 0 Å². The van der Waals surface area contributed by atoms with E-state index in [4.69, 9.17) is 9.47 Å². The van der Waals surface area contributed by atoms with Gasteiger partial charge in [0.25, 0.3) is 0 Å². The summed E-state index contributed by atoms with van der Waals surface area (Å²) >= 11 is 0. The van der Waals surface area contributed by atoms with Crippen molar-refractivity contribution < 1.29 is 9.47 Å². The highest BCUT2D eigenvalue weighted by Crippen LogP contribution is 2.63. The van der Waals surface area contributed by atoms with Crippen molar-refractivity contribution >= 4 is 0 Å². The first kappa shape index (κ1) is 7.34. The van der Waals surface area contributed by atoms with Crippen molar-refractivity contribution in [2.75, 3.05) is 0 Å². The number of ether oxygens (including phenoxy) is 2. The van der Waals surface area contributed by atoms with E-state index >= 15 is 0 Å². The molecule has 3 aliphatic rings. The van der Waals surface area contributed by atoms with E-state index in [1.54, 1.807) is 0 Å². The maximum absolute atomic E-state index is 5.82. The normalized spacial score (nSPS) is 61.0. The van der Waals surface area contributed by atoms with Gasteiger partial charge >= 0.3 is 0 Å². The zero-order valence-corrected chi connectivity index (χ0v) is 7.96. The van der Waals surface area contributed by atoms with E-state index in [2.05, 4.69) is 20.8 Å². The molecule has 2 heterocycles. The second-order valence-corrected chi connectivity index (χ2v) is 5.00. The summed E-state index contributed by atoms with van der Waals surface area (Å²) in [6.07, 6.45) is 3.24. The molecule has 0 spiro atoms. The smallest absolute Gasteiger partial charge is 0.117 e. The van der Waals surface area contributed by atoms with Crippen molar-refractivity contribution in [3.8, 4) is 0 Å². The van der Waals surface area contributed by atoms with Crippen molar-refractivity contribution in [1.82, 2.24) is 0 Å². The van der Waals surface area contributed by atoms with Gasteiger partial charge in [0.1, 0.15) is 12.2 Å². The van der Waals surface area contributed by atoms with Crippen LogP contribution in [0.3, 0.4) is 0 Å². The average molecular weight is 168 g/mol. The Morgan fingerprint density at radius 3 is 2.58 bits per heavy atom. The number of hydrogen-bond acceptors (Lipinski definition) is 2. The molecule has 0 aromatic heterocycles. The van der Waals surface area contributed by atoms with Crippen LogP contribution in [0.25, 0.3) is 0 Å². The molecule has 3 rings (SSSR count). The van der Waals surface area contributed by atoms with Crippen LogP contribution in [0.5, 0.6) is 0 Å². The summed E-state index contributed by atoms with van der Waals surface area (Å²) in [5, 5.41) is 0. The summed E-state index contributed by atoms with van der Waals surface area (Å²) in [7, 11) is 0. The van der Waals surface area contributed by atoms with E-state index < -0.39 is 0 Å². The van der Waals surface area contributed by atoms with Gasteiger partial charge in [-0.3, -0.25) is 0 Å². The third-order valence-electron chi connectivity index (χ3n) is 3.98. The quantitative estimate of drug-likeness (QED) is 0.557. The van der Waals surface area contributed by atoms with E-state index in [0.717, 1.165) is 0 Å². The second-order valence-electron chi connectivity index (χ2n) is 5.00. The van der Waals surface area contributed by atoms with Gasteiger partial charge in [-0.1, -0.05) is 13.8 Å². The number of hydrogen-bond donors (Lipinski definition) is 0. The van der Waals surface area contributed by atoms with E-state index in [1.807, 2.05) is 0 Å². The lowest BCUT2D eigenvalue weighted by Crippen LogP contribution is -2.33. The number of rotatable bonds is 1. The number of epoxide rings is 2. The van der Waals surface area contributed by atoms with Crippen LogP contribution >= 0.6 is 0 Å². The Morgan fingerprint density at radius 1 is 1.17 bits per heavy atom. The van der Waals surface area contributed by atoms with Gasteiger partial charge in [0.15, 0.2) is 0 Å². The van der Waals surface area contributed by atoms with Gasteiger partial charge in [-0.05, 0) is 25.7 Å². The minimum Gasteiger partial charge on any atom is -0.363 e. The van der Waals surface area contributed by atoms with Crippen LogP contribution in [0, 0.1) is 5.92 Å². The fourth-order valence-electron chi connectivity index (χ4n) is 2.76. The highest BCUT2D eigenvalue weighted by atomic mass is 16.7. The summed E-state index contributed by atoms with van der Waals surface area (Å²) in [4.78, 5) is 0. The first-order chi connectivity index (χ1) is 5.58. The van der Waals surface area contributed by atoms with Crippen molar-refractivity contribution in [2.24, 2.45) is 5.92 Å². The molecule has 2 aliphatic heterocycles. The van der Waals surface area contributed by atoms with E-state index in [0.29, 0.717) is 18.1 Å². The third kappa shape index (κ3) is 0.647. The Bertz CT molecular complexity index is 238. The fourth-order valence-corrected chi connectivity index (χ4v) is 2.76. The maximum Gasteiger partial charge on any atom is 0.117 e. The molecule has 0 aromatic carbocycles. The van der Waals surface area contributed by atoms with Gasteiger partial charge in [-0.2, -0.15) is 0 Å². The topological polar surface area (TPSA) is 25.1 Å². The lowest BCUT2D eigenvalue weighted by molar-refractivity contribution is 0.193. The van der Waals surface area contributed by atoms with Crippen LogP contribution in [0.2, 0.25) is 0 Å². The average Bonchev–Trinajstić information content (AvgIpc) is 2.76.